The summed E-state index contributed by atoms with van der Waals surface area (Å²) in [6.45, 7) is 1.00. The molecule has 3 aromatic rings. The average molecular weight is 347 g/mol. The molecule has 0 spiro atoms. The third kappa shape index (κ3) is 2.69. The SMILES string of the molecule is O=C(NC1CCC2CC1CN2)c1cc(-c2ccco2)nc2ccccc12. The zero-order valence-electron chi connectivity index (χ0n) is 14.4. The number of rotatable bonds is 3. The van der Waals surface area contributed by atoms with E-state index in [1.807, 2.05) is 42.5 Å². The molecule has 5 rings (SSSR count). The minimum Gasteiger partial charge on any atom is -0.463 e. The number of furan rings is 1. The van der Waals surface area contributed by atoms with E-state index < -0.39 is 0 Å². The van der Waals surface area contributed by atoms with Gasteiger partial charge >= 0.3 is 0 Å². The predicted molar refractivity (Wildman–Crippen MR) is 99.8 cm³/mol. The second-order valence-corrected chi connectivity index (χ2v) is 7.31. The van der Waals surface area contributed by atoms with Gasteiger partial charge in [-0.2, -0.15) is 0 Å². The van der Waals surface area contributed by atoms with Crippen LogP contribution in [-0.2, 0) is 0 Å². The highest BCUT2D eigenvalue weighted by Gasteiger charge is 2.36. The highest BCUT2D eigenvalue weighted by molar-refractivity contribution is 6.07. The van der Waals surface area contributed by atoms with Gasteiger partial charge in [-0.1, -0.05) is 18.2 Å². The number of hydrogen-bond acceptors (Lipinski definition) is 4. The lowest BCUT2D eigenvalue weighted by molar-refractivity contribution is 0.0916. The highest BCUT2D eigenvalue weighted by Crippen LogP contribution is 2.30. The number of fused-ring (bicyclic) bond motifs is 3. The molecular weight excluding hydrogens is 326 g/mol. The smallest absolute Gasteiger partial charge is 0.252 e. The summed E-state index contributed by atoms with van der Waals surface area (Å²) < 4.78 is 5.49. The van der Waals surface area contributed by atoms with E-state index in [0.717, 1.165) is 30.3 Å². The van der Waals surface area contributed by atoms with Crippen molar-refractivity contribution in [2.24, 2.45) is 5.92 Å². The lowest BCUT2D eigenvalue weighted by Crippen LogP contribution is -2.42. The Bertz CT molecular complexity index is 951. The monoisotopic (exact) mass is 347 g/mol. The van der Waals surface area contributed by atoms with Crippen molar-refractivity contribution in [3.63, 3.8) is 0 Å². The fraction of sp³-hybridized carbons (Fsp3) is 0.333. The van der Waals surface area contributed by atoms with Gasteiger partial charge in [0.05, 0.1) is 17.3 Å². The number of amides is 1. The van der Waals surface area contributed by atoms with E-state index >= 15 is 0 Å². The van der Waals surface area contributed by atoms with Crippen LogP contribution in [0.4, 0.5) is 0 Å². The summed E-state index contributed by atoms with van der Waals surface area (Å²) in [6, 6.07) is 14.2. The lowest BCUT2D eigenvalue weighted by Gasteiger charge is -2.28. The molecule has 1 saturated heterocycles. The van der Waals surface area contributed by atoms with Gasteiger partial charge in [0.15, 0.2) is 5.76 Å². The van der Waals surface area contributed by atoms with Crippen LogP contribution in [-0.4, -0.2) is 29.5 Å². The molecule has 2 fully saturated rings. The number of para-hydroxylation sites is 1. The van der Waals surface area contributed by atoms with Gasteiger partial charge in [0, 0.05) is 24.0 Å². The number of aromatic nitrogens is 1. The normalized spacial score (nSPS) is 24.7. The first-order chi connectivity index (χ1) is 12.8. The van der Waals surface area contributed by atoms with E-state index in [1.54, 1.807) is 6.26 Å². The first kappa shape index (κ1) is 15.6. The molecule has 132 valence electrons. The Morgan fingerprint density at radius 2 is 2.12 bits per heavy atom. The largest absolute Gasteiger partial charge is 0.463 e. The molecule has 3 heterocycles. The number of carbonyl (C=O) groups excluding carboxylic acids is 1. The van der Waals surface area contributed by atoms with Gasteiger partial charge in [0.1, 0.15) is 5.69 Å². The van der Waals surface area contributed by atoms with E-state index in [9.17, 15) is 4.79 Å². The average Bonchev–Trinajstić information content (AvgIpc) is 3.33. The molecule has 0 radical (unpaired) electrons. The van der Waals surface area contributed by atoms with Crippen LogP contribution in [0.1, 0.15) is 29.6 Å². The van der Waals surface area contributed by atoms with Gasteiger partial charge in [0.2, 0.25) is 0 Å². The molecule has 2 aromatic heterocycles. The Labute approximate surface area is 151 Å². The molecule has 26 heavy (non-hydrogen) atoms. The van der Waals surface area contributed by atoms with Crippen LogP contribution in [0.3, 0.4) is 0 Å². The number of benzene rings is 1. The number of hydrogen-bond donors (Lipinski definition) is 2. The maximum Gasteiger partial charge on any atom is 0.252 e. The van der Waals surface area contributed by atoms with Crippen molar-refractivity contribution in [2.45, 2.75) is 31.3 Å². The topological polar surface area (TPSA) is 67.2 Å². The zero-order valence-corrected chi connectivity index (χ0v) is 14.4. The second kappa shape index (κ2) is 6.25. The van der Waals surface area contributed by atoms with E-state index in [-0.39, 0.29) is 11.9 Å². The van der Waals surface area contributed by atoms with Crippen LogP contribution in [0.5, 0.6) is 0 Å². The summed E-state index contributed by atoms with van der Waals surface area (Å²) in [4.78, 5) is 17.8. The van der Waals surface area contributed by atoms with E-state index in [2.05, 4.69) is 15.6 Å². The van der Waals surface area contributed by atoms with Crippen LogP contribution in [0.15, 0.2) is 53.1 Å². The molecule has 2 N–H and O–H groups in total. The second-order valence-electron chi connectivity index (χ2n) is 7.31. The quantitative estimate of drug-likeness (QED) is 0.762. The third-order valence-electron chi connectivity index (χ3n) is 5.70. The molecule has 2 aliphatic rings. The number of nitrogens with zero attached hydrogens (tertiary/aromatic N) is 1. The zero-order chi connectivity index (χ0) is 17.5. The van der Waals surface area contributed by atoms with Crippen molar-refractivity contribution in [1.82, 2.24) is 15.6 Å². The van der Waals surface area contributed by atoms with Gasteiger partial charge in [-0.15, -0.1) is 0 Å². The molecule has 3 unspecified atom stereocenters. The fourth-order valence-corrected chi connectivity index (χ4v) is 4.34. The van der Waals surface area contributed by atoms with Crippen molar-refractivity contribution in [1.29, 1.82) is 0 Å². The van der Waals surface area contributed by atoms with E-state index in [4.69, 9.17) is 4.42 Å². The van der Waals surface area contributed by atoms with Crippen LogP contribution in [0, 0.1) is 5.92 Å². The summed E-state index contributed by atoms with van der Waals surface area (Å²) in [7, 11) is 0. The maximum atomic E-state index is 13.1. The third-order valence-corrected chi connectivity index (χ3v) is 5.70. The van der Waals surface area contributed by atoms with Crippen LogP contribution in [0.25, 0.3) is 22.4 Å². The lowest BCUT2D eigenvalue weighted by atomic mass is 9.85. The molecule has 1 aliphatic heterocycles. The first-order valence-corrected chi connectivity index (χ1v) is 9.26. The molecule has 5 heteroatoms. The van der Waals surface area contributed by atoms with Gasteiger partial charge in [-0.25, -0.2) is 4.98 Å². The Balaban J connectivity index is 1.51. The summed E-state index contributed by atoms with van der Waals surface area (Å²) >= 11 is 0. The number of carbonyl (C=O) groups is 1. The predicted octanol–water partition coefficient (Wildman–Crippen LogP) is 3.37. The van der Waals surface area contributed by atoms with Crippen molar-refractivity contribution in [2.75, 3.05) is 6.54 Å². The molecule has 1 saturated carbocycles. The minimum atomic E-state index is -0.0215. The highest BCUT2D eigenvalue weighted by atomic mass is 16.3. The van der Waals surface area contributed by atoms with E-state index in [0.29, 0.717) is 29.0 Å². The van der Waals surface area contributed by atoms with Gasteiger partial charge < -0.3 is 15.1 Å². The van der Waals surface area contributed by atoms with Crippen LogP contribution < -0.4 is 10.6 Å². The first-order valence-electron chi connectivity index (χ1n) is 9.26. The fourth-order valence-electron chi connectivity index (χ4n) is 4.34. The summed E-state index contributed by atoms with van der Waals surface area (Å²) in [5, 5.41) is 7.71. The molecule has 5 nitrogen and oxygen atoms in total. The molecule has 1 amide bonds. The number of nitrogens with one attached hydrogen (secondary N) is 2. The van der Waals surface area contributed by atoms with Crippen molar-refractivity contribution < 1.29 is 9.21 Å². The molecular formula is C21H21N3O2. The molecule has 3 atom stereocenters. The Morgan fingerprint density at radius 3 is 3.00 bits per heavy atom. The minimum absolute atomic E-state index is 0.0215. The summed E-state index contributed by atoms with van der Waals surface area (Å²) in [5.41, 5.74) is 2.15. The van der Waals surface area contributed by atoms with Crippen LogP contribution in [0.2, 0.25) is 0 Å². The Hall–Kier alpha value is -2.66. The molecule has 2 bridgehead atoms. The Morgan fingerprint density at radius 1 is 1.19 bits per heavy atom. The van der Waals surface area contributed by atoms with Crippen molar-refractivity contribution in [3.05, 3.63) is 54.3 Å². The van der Waals surface area contributed by atoms with E-state index in [1.165, 1.54) is 6.42 Å². The van der Waals surface area contributed by atoms with Crippen molar-refractivity contribution >= 4 is 16.8 Å². The van der Waals surface area contributed by atoms with Crippen LogP contribution >= 0.6 is 0 Å². The maximum absolute atomic E-state index is 13.1. The van der Waals surface area contributed by atoms with Gasteiger partial charge in [-0.3, -0.25) is 4.79 Å². The molecule has 1 aromatic carbocycles. The van der Waals surface area contributed by atoms with Crippen molar-refractivity contribution in [3.8, 4) is 11.5 Å². The molecule has 1 aliphatic carbocycles. The standard InChI is InChI=1S/C21H21N3O2/c25-21(24-17-8-7-14-10-13(17)12-22-14)16-11-19(20-6-3-9-26-20)23-18-5-2-1-4-15(16)18/h1-6,9,11,13-14,17,22H,7-8,10,12H2,(H,24,25). The summed E-state index contributed by atoms with van der Waals surface area (Å²) in [6.07, 6.45) is 4.97. The number of pyridine rings is 1. The van der Waals surface area contributed by atoms with Gasteiger partial charge in [-0.05, 0) is 49.4 Å². The van der Waals surface area contributed by atoms with Gasteiger partial charge in [0.25, 0.3) is 5.91 Å². The summed E-state index contributed by atoms with van der Waals surface area (Å²) in [5.74, 6) is 1.19. The Kier molecular flexibility index (Phi) is 3.75.